The molecule has 4 unspecified atom stereocenters. The summed E-state index contributed by atoms with van der Waals surface area (Å²) in [5.74, 6) is 0.882. The Bertz CT molecular complexity index is 1820. The van der Waals surface area contributed by atoms with E-state index in [0.29, 0.717) is 31.6 Å². The molecule has 0 spiro atoms. The fourth-order valence-corrected chi connectivity index (χ4v) is 12.6. The molecule has 3 N–H and O–H groups in total. The summed E-state index contributed by atoms with van der Waals surface area (Å²) in [6, 6.07) is 0. The maximum absolute atomic E-state index is 13.0. The Morgan fingerprint density at radius 2 is 0.522 bits per heavy atom. The number of ether oxygens (including phenoxy) is 4. The van der Waals surface area contributed by atoms with Crippen molar-refractivity contribution in [1.82, 2.24) is 0 Å². The average molecular weight is 1350 g/mol. The summed E-state index contributed by atoms with van der Waals surface area (Å²) < 4.78 is 68.4. The Labute approximate surface area is 562 Å². The van der Waals surface area contributed by atoms with E-state index >= 15 is 0 Å². The van der Waals surface area contributed by atoms with Crippen molar-refractivity contribution in [2.24, 2.45) is 23.7 Å². The molecule has 0 aromatic carbocycles. The van der Waals surface area contributed by atoms with E-state index in [4.69, 9.17) is 37.0 Å². The number of phosphoric acid groups is 2. The number of esters is 4. The minimum atomic E-state index is -4.95. The van der Waals surface area contributed by atoms with Gasteiger partial charge >= 0.3 is 39.5 Å². The van der Waals surface area contributed by atoms with Crippen LogP contribution in [-0.2, 0) is 65.4 Å². The van der Waals surface area contributed by atoms with Gasteiger partial charge in [-0.25, -0.2) is 9.13 Å². The first-order chi connectivity index (χ1) is 44.1. The fourth-order valence-electron chi connectivity index (χ4n) is 11.0. The fraction of sp³-hybridized carbons (Fsp3) is 0.945. The predicted molar refractivity (Wildman–Crippen MR) is 372 cm³/mol. The molecule has 0 aliphatic carbocycles. The van der Waals surface area contributed by atoms with Crippen LogP contribution in [-0.4, -0.2) is 96.7 Å². The maximum Gasteiger partial charge on any atom is 0.472 e. The van der Waals surface area contributed by atoms with Crippen molar-refractivity contribution in [3.63, 3.8) is 0 Å². The molecule has 0 rings (SSSR count). The van der Waals surface area contributed by atoms with E-state index in [9.17, 15) is 43.2 Å². The van der Waals surface area contributed by atoms with Crippen LogP contribution in [0.3, 0.4) is 0 Å². The molecule has 6 atom stereocenters. The van der Waals surface area contributed by atoms with Crippen LogP contribution >= 0.6 is 15.6 Å². The zero-order valence-corrected chi connectivity index (χ0v) is 62.0. The van der Waals surface area contributed by atoms with Crippen LogP contribution in [0.2, 0.25) is 0 Å². The summed E-state index contributed by atoms with van der Waals surface area (Å²) in [5, 5.41) is 10.6. The zero-order chi connectivity index (χ0) is 68.2. The Balaban J connectivity index is 5.22. The monoisotopic (exact) mass is 1350 g/mol. The Morgan fingerprint density at radius 3 is 0.772 bits per heavy atom. The molecule has 0 aromatic rings. The molecule has 546 valence electrons. The lowest BCUT2D eigenvalue weighted by Crippen LogP contribution is -2.30. The summed E-state index contributed by atoms with van der Waals surface area (Å²) in [5.41, 5.74) is 0. The molecule has 0 aromatic heterocycles. The number of aliphatic hydroxyl groups excluding tert-OH is 1. The van der Waals surface area contributed by atoms with E-state index in [1.165, 1.54) is 161 Å². The predicted octanol–water partition coefficient (Wildman–Crippen LogP) is 20.9. The van der Waals surface area contributed by atoms with Crippen LogP contribution in [0.4, 0.5) is 0 Å². The van der Waals surface area contributed by atoms with Crippen LogP contribution in [0, 0.1) is 23.7 Å². The molecule has 19 heteroatoms. The van der Waals surface area contributed by atoms with Gasteiger partial charge in [-0.1, -0.05) is 312 Å². The summed E-state index contributed by atoms with van der Waals surface area (Å²) in [6.45, 7) is 14.1. The van der Waals surface area contributed by atoms with Crippen molar-refractivity contribution < 1.29 is 80.2 Å². The highest BCUT2D eigenvalue weighted by Gasteiger charge is 2.30. The molecule has 0 fully saturated rings. The molecule has 0 saturated carbocycles. The smallest absolute Gasteiger partial charge is 0.462 e. The highest BCUT2D eigenvalue weighted by Crippen LogP contribution is 2.45. The van der Waals surface area contributed by atoms with Crippen LogP contribution < -0.4 is 0 Å². The minimum absolute atomic E-state index is 0.104. The van der Waals surface area contributed by atoms with E-state index in [2.05, 4.69) is 55.4 Å². The Hall–Kier alpha value is -1.94. The van der Waals surface area contributed by atoms with Crippen molar-refractivity contribution in [2.75, 3.05) is 39.6 Å². The van der Waals surface area contributed by atoms with Crippen LogP contribution in [0.1, 0.15) is 364 Å². The molecule has 0 heterocycles. The summed E-state index contributed by atoms with van der Waals surface area (Å²) >= 11 is 0. The number of hydrogen-bond acceptors (Lipinski definition) is 15. The largest absolute Gasteiger partial charge is 0.472 e. The van der Waals surface area contributed by atoms with E-state index in [1.807, 2.05) is 0 Å². The van der Waals surface area contributed by atoms with E-state index < -0.39 is 97.5 Å². The average Bonchev–Trinajstić information content (AvgIpc) is 2.51. The number of unbranched alkanes of at least 4 members (excludes halogenated alkanes) is 35. The van der Waals surface area contributed by atoms with Crippen LogP contribution in [0.15, 0.2) is 0 Å². The number of rotatable bonds is 70. The first kappa shape index (κ1) is 90.1. The first-order valence-electron chi connectivity index (χ1n) is 37.7. The maximum atomic E-state index is 13.0. The third-order valence-electron chi connectivity index (χ3n) is 17.2. The number of carbonyl (C=O) groups is 4. The van der Waals surface area contributed by atoms with Gasteiger partial charge in [0.05, 0.1) is 26.4 Å². The van der Waals surface area contributed by atoms with Gasteiger partial charge in [0.15, 0.2) is 12.2 Å². The van der Waals surface area contributed by atoms with E-state index in [1.54, 1.807) is 0 Å². The molecular weight excluding hydrogens is 1210 g/mol. The highest BCUT2D eigenvalue weighted by molar-refractivity contribution is 7.47. The standard InChI is InChI=1S/C73H142O17P2/c1-9-66(8)52-44-36-27-23-24-30-40-48-56-73(78)90-68(59-83-70(75)53-45-37-28-21-18-17-20-26-34-42-50-64(4)5)61-87-91(79,80)85-57-67(74)58-86-92(81,82)88-62-69(60-84-71(76)54-46-38-32-31-35-43-51-65(6)7)89-72(77)55-47-39-29-22-16-14-12-10-11-13-15-19-25-33-41-49-63(2)3/h63-69,74H,9-62H2,1-8H3,(H,79,80)(H,81,82)/t66?,67?,68-,69-/m1/s1. The Morgan fingerprint density at radius 1 is 0.304 bits per heavy atom. The molecule has 92 heavy (non-hydrogen) atoms. The van der Waals surface area contributed by atoms with Gasteiger partial charge in [-0.3, -0.25) is 37.3 Å². The second kappa shape index (κ2) is 62.6. The van der Waals surface area contributed by atoms with Gasteiger partial charge in [-0.2, -0.15) is 0 Å². The zero-order valence-electron chi connectivity index (χ0n) is 60.2. The lowest BCUT2D eigenvalue weighted by Gasteiger charge is -2.21. The second-order valence-corrected chi connectivity index (χ2v) is 30.9. The molecule has 0 radical (unpaired) electrons. The lowest BCUT2D eigenvalue weighted by molar-refractivity contribution is -0.161. The second-order valence-electron chi connectivity index (χ2n) is 28.0. The van der Waals surface area contributed by atoms with Gasteiger partial charge in [-0.05, 0) is 49.4 Å². The van der Waals surface area contributed by atoms with Gasteiger partial charge in [0.1, 0.15) is 19.3 Å². The first-order valence-corrected chi connectivity index (χ1v) is 40.7. The highest BCUT2D eigenvalue weighted by atomic mass is 31.2. The summed E-state index contributed by atoms with van der Waals surface area (Å²) in [7, 11) is -9.91. The summed E-state index contributed by atoms with van der Waals surface area (Å²) in [6.07, 6.45) is 45.9. The minimum Gasteiger partial charge on any atom is -0.462 e. The van der Waals surface area contributed by atoms with Gasteiger partial charge in [-0.15, -0.1) is 0 Å². The number of carbonyl (C=O) groups excluding carboxylic acids is 4. The van der Waals surface area contributed by atoms with E-state index in [0.717, 1.165) is 114 Å². The molecule has 0 amide bonds. The molecule has 0 aliphatic rings. The summed E-state index contributed by atoms with van der Waals surface area (Å²) in [4.78, 5) is 72.6. The van der Waals surface area contributed by atoms with E-state index in [-0.39, 0.29) is 25.7 Å². The number of hydrogen-bond donors (Lipinski definition) is 3. The molecular formula is C73H142O17P2. The van der Waals surface area contributed by atoms with Crippen molar-refractivity contribution in [2.45, 2.75) is 382 Å². The van der Waals surface area contributed by atoms with Gasteiger partial charge in [0.2, 0.25) is 0 Å². The molecule has 0 bridgehead atoms. The van der Waals surface area contributed by atoms with Crippen LogP contribution in [0.5, 0.6) is 0 Å². The number of phosphoric ester groups is 2. The quantitative estimate of drug-likeness (QED) is 0.0222. The van der Waals surface area contributed by atoms with Crippen molar-refractivity contribution in [3.8, 4) is 0 Å². The van der Waals surface area contributed by atoms with Crippen molar-refractivity contribution in [1.29, 1.82) is 0 Å². The lowest BCUT2D eigenvalue weighted by atomic mass is 9.99. The third kappa shape index (κ3) is 65.4. The van der Waals surface area contributed by atoms with Crippen LogP contribution in [0.25, 0.3) is 0 Å². The third-order valence-corrected chi connectivity index (χ3v) is 19.1. The Kier molecular flexibility index (Phi) is 61.3. The molecule has 0 saturated heterocycles. The van der Waals surface area contributed by atoms with Crippen molar-refractivity contribution in [3.05, 3.63) is 0 Å². The SMILES string of the molecule is CCC(C)CCCCCCCCCCC(=O)O[C@H](COC(=O)CCCCCCCCCCCCC(C)C)COP(=O)(O)OCC(O)COP(=O)(O)OC[C@@H](COC(=O)CCCCCCCCC(C)C)OC(=O)CCCCCCCCCCCCCCCCCC(C)C. The topological polar surface area (TPSA) is 237 Å². The van der Waals surface area contributed by atoms with Gasteiger partial charge < -0.3 is 33.8 Å². The van der Waals surface area contributed by atoms with Crippen molar-refractivity contribution >= 4 is 39.5 Å². The number of aliphatic hydroxyl groups is 1. The molecule has 17 nitrogen and oxygen atoms in total. The van der Waals surface area contributed by atoms with Gasteiger partial charge in [0.25, 0.3) is 0 Å². The van der Waals surface area contributed by atoms with Gasteiger partial charge in [0, 0.05) is 25.7 Å². The normalized spacial score (nSPS) is 14.5. The molecule has 0 aliphatic heterocycles.